The van der Waals surface area contributed by atoms with Gasteiger partial charge in [0.2, 0.25) is 11.7 Å². The number of hydrogen-bond acceptors (Lipinski definition) is 4. The van der Waals surface area contributed by atoms with Crippen LogP contribution in [-0.2, 0) is 6.42 Å². The van der Waals surface area contributed by atoms with Crippen molar-refractivity contribution in [2.24, 2.45) is 5.73 Å². The lowest BCUT2D eigenvalue weighted by atomic mass is 10.1. The summed E-state index contributed by atoms with van der Waals surface area (Å²) in [7, 11) is 0. The standard InChI is InChI=1S/C13H16FN3O/c1-8-7-10(14)4-5-11(8)13-16-12(18-17-13)6-3-9(2)15/h4-5,7,9H,3,6,15H2,1-2H3. The zero-order chi connectivity index (χ0) is 13.1. The van der Waals surface area contributed by atoms with Crippen molar-refractivity contribution in [1.82, 2.24) is 10.1 Å². The summed E-state index contributed by atoms with van der Waals surface area (Å²) in [6.45, 7) is 3.75. The molecule has 5 heteroatoms. The summed E-state index contributed by atoms with van der Waals surface area (Å²) >= 11 is 0. The van der Waals surface area contributed by atoms with Gasteiger partial charge in [0.1, 0.15) is 5.82 Å². The van der Waals surface area contributed by atoms with E-state index in [1.54, 1.807) is 6.07 Å². The van der Waals surface area contributed by atoms with Crippen molar-refractivity contribution in [3.8, 4) is 11.4 Å². The Kier molecular flexibility index (Phi) is 3.72. The van der Waals surface area contributed by atoms with Crippen LogP contribution in [0, 0.1) is 12.7 Å². The van der Waals surface area contributed by atoms with E-state index in [0.717, 1.165) is 17.5 Å². The average molecular weight is 249 g/mol. The second kappa shape index (κ2) is 5.27. The summed E-state index contributed by atoms with van der Waals surface area (Å²) in [5.41, 5.74) is 7.24. The van der Waals surface area contributed by atoms with Crippen LogP contribution < -0.4 is 5.73 Å². The first-order chi connectivity index (χ1) is 8.56. The lowest BCUT2D eigenvalue weighted by molar-refractivity contribution is 0.372. The van der Waals surface area contributed by atoms with E-state index in [0.29, 0.717) is 18.1 Å². The Morgan fingerprint density at radius 3 is 2.89 bits per heavy atom. The van der Waals surface area contributed by atoms with Crippen LogP contribution in [0.3, 0.4) is 0 Å². The highest BCUT2D eigenvalue weighted by Gasteiger charge is 2.11. The molecule has 0 saturated carbocycles. The van der Waals surface area contributed by atoms with Gasteiger partial charge < -0.3 is 10.3 Å². The minimum atomic E-state index is -0.267. The predicted octanol–water partition coefficient (Wildman–Crippen LogP) is 2.46. The highest BCUT2D eigenvalue weighted by molar-refractivity contribution is 5.59. The van der Waals surface area contributed by atoms with Crippen molar-refractivity contribution in [1.29, 1.82) is 0 Å². The quantitative estimate of drug-likeness (QED) is 0.904. The van der Waals surface area contributed by atoms with Crippen molar-refractivity contribution in [3.05, 3.63) is 35.5 Å². The predicted molar refractivity (Wildman–Crippen MR) is 66.4 cm³/mol. The Bertz CT molecular complexity index is 537. The number of nitrogens with two attached hydrogens (primary N) is 1. The van der Waals surface area contributed by atoms with E-state index < -0.39 is 0 Å². The molecule has 1 heterocycles. The van der Waals surface area contributed by atoms with E-state index in [1.165, 1.54) is 12.1 Å². The number of nitrogens with zero attached hydrogens (tertiary/aromatic N) is 2. The molecule has 4 nitrogen and oxygen atoms in total. The van der Waals surface area contributed by atoms with Crippen LogP contribution in [0.15, 0.2) is 22.7 Å². The SMILES string of the molecule is Cc1cc(F)ccc1-c1noc(CCC(C)N)n1. The van der Waals surface area contributed by atoms with E-state index in [2.05, 4.69) is 10.1 Å². The third-order valence-electron chi connectivity index (χ3n) is 2.71. The zero-order valence-corrected chi connectivity index (χ0v) is 10.5. The molecule has 0 bridgehead atoms. The van der Waals surface area contributed by atoms with Crippen LogP contribution in [0.2, 0.25) is 0 Å². The Balaban J connectivity index is 2.18. The van der Waals surface area contributed by atoms with Crippen LogP contribution in [0.25, 0.3) is 11.4 Å². The fourth-order valence-electron chi connectivity index (χ4n) is 1.69. The van der Waals surface area contributed by atoms with Crippen LogP contribution in [-0.4, -0.2) is 16.2 Å². The van der Waals surface area contributed by atoms with E-state index in [9.17, 15) is 4.39 Å². The first-order valence-corrected chi connectivity index (χ1v) is 5.91. The normalized spacial score (nSPS) is 12.7. The maximum atomic E-state index is 13.0. The summed E-state index contributed by atoms with van der Waals surface area (Å²) < 4.78 is 18.1. The molecule has 0 spiro atoms. The molecule has 0 aliphatic carbocycles. The van der Waals surface area contributed by atoms with Crippen LogP contribution in [0.5, 0.6) is 0 Å². The zero-order valence-electron chi connectivity index (χ0n) is 10.5. The fourth-order valence-corrected chi connectivity index (χ4v) is 1.69. The minimum Gasteiger partial charge on any atom is -0.339 e. The van der Waals surface area contributed by atoms with E-state index in [1.807, 2.05) is 13.8 Å². The van der Waals surface area contributed by atoms with E-state index >= 15 is 0 Å². The fraction of sp³-hybridized carbons (Fsp3) is 0.385. The molecule has 96 valence electrons. The van der Waals surface area contributed by atoms with Crippen LogP contribution in [0.1, 0.15) is 24.8 Å². The van der Waals surface area contributed by atoms with Gasteiger partial charge in [-0.1, -0.05) is 5.16 Å². The molecule has 1 aromatic heterocycles. The van der Waals surface area contributed by atoms with Crippen molar-refractivity contribution < 1.29 is 8.91 Å². The van der Waals surface area contributed by atoms with Crippen molar-refractivity contribution >= 4 is 0 Å². The minimum absolute atomic E-state index is 0.105. The summed E-state index contributed by atoms with van der Waals surface area (Å²) in [5, 5.41) is 3.91. The van der Waals surface area contributed by atoms with Gasteiger partial charge in [-0.2, -0.15) is 4.98 Å². The summed E-state index contributed by atoms with van der Waals surface area (Å²) in [6.07, 6.45) is 1.45. The molecule has 0 amide bonds. The number of rotatable bonds is 4. The Hall–Kier alpha value is -1.75. The Morgan fingerprint density at radius 2 is 2.22 bits per heavy atom. The molecule has 2 aromatic rings. The lowest BCUT2D eigenvalue weighted by Gasteiger charge is -2.00. The van der Waals surface area contributed by atoms with Gasteiger partial charge in [0, 0.05) is 18.0 Å². The van der Waals surface area contributed by atoms with Gasteiger partial charge in [0.15, 0.2) is 0 Å². The number of benzene rings is 1. The molecule has 0 fully saturated rings. The number of aryl methyl sites for hydroxylation is 2. The van der Waals surface area contributed by atoms with Gasteiger partial charge in [-0.3, -0.25) is 0 Å². The molecule has 0 aliphatic heterocycles. The summed E-state index contributed by atoms with van der Waals surface area (Å²) in [6, 6.07) is 4.60. The topological polar surface area (TPSA) is 64.9 Å². The van der Waals surface area contributed by atoms with Crippen LogP contribution in [0.4, 0.5) is 4.39 Å². The number of hydrogen-bond donors (Lipinski definition) is 1. The Labute approximate surface area is 105 Å². The monoisotopic (exact) mass is 249 g/mol. The second-order valence-corrected chi connectivity index (χ2v) is 4.49. The molecule has 0 aliphatic rings. The Morgan fingerprint density at radius 1 is 1.44 bits per heavy atom. The third kappa shape index (κ3) is 2.92. The van der Waals surface area contributed by atoms with Crippen molar-refractivity contribution in [2.75, 3.05) is 0 Å². The highest BCUT2D eigenvalue weighted by atomic mass is 19.1. The summed E-state index contributed by atoms with van der Waals surface area (Å²) in [4.78, 5) is 4.29. The molecule has 2 rings (SSSR count). The second-order valence-electron chi connectivity index (χ2n) is 4.49. The van der Waals surface area contributed by atoms with Gasteiger partial charge >= 0.3 is 0 Å². The summed E-state index contributed by atoms with van der Waals surface area (Å²) in [5.74, 6) is 0.787. The number of halogens is 1. The van der Waals surface area contributed by atoms with Crippen LogP contribution >= 0.6 is 0 Å². The molecule has 2 N–H and O–H groups in total. The maximum absolute atomic E-state index is 13.0. The van der Waals surface area contributed by atoms with Crippen molar-refractivity contribution in [2.45, 2.75) is 32.7 Å². The molecule has 0 radical (unpaired) electrons. The van der Waals surface area contributed by atoms with Crippen molar-refractivity contribution in [3.63, 3.8) is 0 Å². The average Bonchev–Trinajstić information content (AvgIpc) is 2.75. The molecule has 1 aromatic carbocycles. The smallest absolute Gasteiger partial charge is 0.227 e. The van der Waals surface area contributed by atoms with Gasteiger partial charge in [-0.05, 0) is 44.0 Å². The highest BCUT2D eigenvalue weighted by Crippen LogP contribution is 2.21. The maximum Gasteiger partial charge on any atom is 0.227 e. The van der Waals surface area contributed by atoms with Gasteiger partial charge in [-0.15, -0.1) is 0 Å². The lowest BCUT2D eigenvalue weighted by Crippen LogP contribution is -2.15. The molecule has 1 atom stereocenters. The molecular formula is C13H16FN3O. The van der Waals surface area contributed by atoms with E-state index in [-0.39, 0.29) is 11.9 Å². The molecule has 1 unspecified atom stereocenters. The van der Waals surface area contributed by atoms with Gasteiger partial charge in [0.05, 0.1) is 0 Å². The van der Waals surface area contributed by atoms with Gasteiger partial charge in [0.25, 0.3) is 0 Å². The third-order valence-corrected chi connectivity index (χ3v) is 2.71. The first kappa shape index (κ1) is 12.7. The largest absolute Gasteiger partial charge is 0.339 e. The molecular weight excluding hydrogens is 233 g/mol. The number of aromatic nitrogens is 2. The molecule has 18 heavy (non-hydrogen) atoms. The molecule has 0 saturated heterocycles. The first-order valence-electron chi connectivity index (χ1n) is 5.91. The van der Waals surface area contributed by atoms with E-state index in [4.69, 9.17) is 10.3 Å². The van der Waals surface area contributed by atoms with Gasteiger partial charge in [-0.25, -0.2) is 4.39 Å².